The lowest BCUT2D eigenvalue weighted by molar-refractivity contribution is 0.0868. The Bertz CT molecular complexity index is 217. The van der Waals surface area contributed by atoms with E-state index in [4.69, 9.17) is 15.2 Å². The molecule has 4 heteroatoms. The van der Waals surface area contributed by atoms with E-state index < -0.39 is 0 Å². The Kier molecular flexibility index (Phi) is 4.19. The van der Waals surface area contributed by atoms with Crippen LogP contribution >= 0.6 is 0 Å². The molecule has 3 atom stereocenters. The highest BCUT2D eigenvalue weighted by Gasteiger charge is 2.31. The highest BCUT2D eigenvalue weighted by Crippen LogP contribution is 2.22. The van der Waals surface area contributed by atoms with Gasteiger partial charge in [0.25, 0.3) is 0 Å². The standard InChI is InChI=1S/C12H24N2O2/c1-2-11-10(3-5-16-11)7-14-8-12(13)4-6-15-9-12/h10-11,14H,2-9,13H2,1H3. The van der Waals surface area contributed by atoms with E-state index in [-0.39, 0.29) is 5.54 Å². The first-order valence-electron chi connectivity index (χ1n) is 6.42. The van der Waals surface area contributed by atoms with Crippen LogP contribution in [-0.4, -0.2) is 44.6 Å². The maximum atomic E-state index is 6.19. The van der Waals surface area contributed by atoms with Crippen molar-refractivity contribution in [3.63, 3.8) is 0 Å². The molecule has 2 saturated heterocycles. The Labute approximate surface area is 97.9 Å². The molecule has 0 aromatic heterocycles. The van der Waals surface area contributed by atoms with Gasteiger partial charge in [0.2, 0.25) is 0 Å². The largest absolute Gasteiger partial charge is 0.379 e. The molecule has 0 bridgehead atoms. The number of nitrogens with two attached hydrogens (primary N) is 1. The highest BCUT2D eigenvalue weighted by molar-refractivity contribution is 4.90. The van der Waals surface area contributed by atoms with Gasteiger partial charge >= 0.3 is 0 Å². The molecule has 4 nitrogen and oxygen atoms in total. The van der Waals surface area contributed by atoms with Crippen molar-refractivity contribution < 1.29 is 9.47 Å². The minimum Gasteiger partial charge on any atom is -0.379 e. The number of nitrogens with one attached hydrogen (secondary N) is 1. The second-order valence-electron chi connectivity index (χ2n) is 5.16. The summed E-state index contributed by atoms with van der Waals surface area (Å²) in [4.78, 5) is 0. The predicted molar refractivity (Wildman–Crippen MR) is 63.4 cm³/mol. The highest BCUT2D eigenvalue weighted by atomic mass is 16.5. The molecule has 0 saturated carbocycles. The first-order valence-corrected chi connectivity index (χ1v) is 6.42. The fourth-order valence-corrected chi connectivity index (χ4v) is 2.65. The second kappa shape index (κ2) is 5.45. The van der Waals surface area contributed by atoms with Crippen molar-refractivity contribution in [2.24, 2.45) is 11.7 Å². The van der Waals surface area contributed by atoms with Crippen molar-refractivity contribution in [3.05, 3.63) is 0 Å². The molecule has 2 aliphatic rings. The Hall–Kier alpha value is -0.160. The molecule has 2 rings (SSSR count). The summed E-state index contributed by atoms with van der Waals surface area (Å²) in [7, 11) is 0. The molecule has 94 valence electrons. The van der Waals surface area contributed by atoms with E-state index in [2.05, 4.69) is 12.2 Å². The SMILES string of the molecule is CCC1OCCC1CNCC1(N)CCOC1. The molecule has 2 heterocycles. The summed E-state index contributed by atoms with van der Waals surface area (Å²) in [6.07, 6.45) is 3.71. The zero-order valence-electron chi connectivity index (χ0n) is 10.2. The zero-order chi connectivity index (χ0) is 11.4. The van der Waals surface area contributed by atoms with E-state index in [1.54, 1.807) is 0 Å². The monoisotopic (exact) mass is 228 g/mol. The first-order chi connectivity index (χ1) is 7.73. The van der Waals surface area contributed by atoms with Crippen molar-refractivity contribution >= 4 is 0 Å². The maximum absolute atomic E-state index is 6.19. The van der Waals surface area contributed by atoms with Crippen molar-refractivity contribution in [3.8, 4) is 0 Å². The molecule has 0 radical (unpaired) electrons. The minimum atomic E-state index is -0.138. The zero-order valence-corrected chi connectivity index (χ0v) is 10.2. The number of ether oxygens (including phenoxy) is 2. The molecule has 3 unspecified atom stereocenters. The molecule has 0 aromatic rings. The maximum Gasteiger partial charge on any atom is 0.0659 e. The van der Waals surface area contributed by atoms with Crippen LogP contribution in [0.15, 0.2) is 0 Å². The molecule has 0 spiro atoms. The van der Waals surface area contributed by atoms with Gasteiger partial charge in [-0.05, 0) is 25.2 Å². The van der Waals surface area contributed by atoms with Gasteiger partial charge in [-0.1, -0.05) is 6.92 Å². The lowest BCUT2D eigenvalue weighted by Crippen LogP contribution is -2.50. The molecular weight excluding hydrogens is 204 g/mol. The molecule has 3 N–H and O–H groups in total. The number of rotatable bonds is 5. The van der Waals surface area contributed by atoms with Gasteiger partial charge < -0.3 is 20.5 Å². The van der Waals surface area contributed by atoms with E-state index in [9.17, 15) is 0 Å². The Morgan fingerprint density at radius 3 is 3.00 bits per heavy atom. The summed E-state index contributed by atoms with van der Waals surface area (Å²) >= 11 is 0. The molecule has 2 aliphatic heterocycles. The van der Waals surface area contributed by atoms with Crippen LogP contribution < -0.4 is 11.1 Å². The van der Waals surface area contributed by atoms with Crippen molar-refractivity contribution in [1.82, 2.24) is 5.32 Å². The Morgan fingerprint density at radius 2 is 2.31 bits per heavy atom. The van der Waals surface area contributed by atoms with Gasteiger partial charge in [0.15, 0.2) is 0 Å². The third-order valence-electron chi connectivity index (χ3n) is 3.77. The van der Waals surface area contributed by atoms with Crippen LogP contribution in [0, 0.1) is 5.92 Å². The van der Waals surface area contributed by atoms with Crippen LogP contribution in [0.5, 0.6) is 0 Å². The van der Waals surface area contributed by atoms with Crippen molar-refractivity contribution in [1.29, 1.82) is 0 Å². The van der Waals surface area contributed by atoms with Crippen LogP contribution in [-0.2, 0) is 9.47 Å². The van der Waals surface area contributed by atoms with E-state index >= 15 is 0 Å². The first kappa shape index (κ1) is 12.3. The van der Waals surface area contributed by atoms with E-state index in [1.807, 2.05) is 0 Å². The van der Waals surface area contributed by atoms with Crippen LogP contribution in [0.1, 0.15) is 26.2 Å². The van der Waals surface area contributed by atoms with Crippen LogP contribution in [0.4, 0.5) is 0 Å². The van der Waals surface area contributed by atoms with E-state index in [0.717, 1.165) is 39.1 Å². The summed E-state index contributed by atoms with van der Waals surface area (Å²) in [5.74, 6) is 0.663. The summed E-state index contributed by atoms with van der Waals surface area (Å²) in [5.41, 5.74) is 6.05. The Balaban J connectivity index is 1.67. The topological polar surface area (TPSA) is 56.5 Å². The van der Waals surface area contributed by atoms with Gasteiger partial charge in [0, 0.05) is 26.3 Å². The molecule has 0 aliphatic carbocycles. The minimum absolute atomic E-state index is 0.138. The summed E-state index contributed by atoms with van der Waals surface area (Å²) < 4.78 is 11.0. The number of hydrogen-bond donors (Lipinski definition) is 2. The van der Waals surface area contributed by atoms with Gasteiger partial charge in [-0.3, -0.25) is 0 Å². The Morgan fingerprint density at radius 1 is 1.44 bits per heavy atom. The fraction of sp³-hybridized carbons (Fsp3) is 1.00. The van der Waals surface area contributed by atoms with Gasteiger partial charge in [0.1, 0.15) is 0 Å². The van der Waals surface area contributed by atoms with Crippen molar-refractivity contribution in [2.75, 3.05) is 32.9 Å². The van der Waals surface area contributed by atoms with Gasteiger partial charge in [-0.15, -0.1) is 0 Å². The molecule has 16 heavy (non-hydrogen) atoms. The molecular formula is C12H24N2O2. The molecule has 0 aromatic carbocycles. The molecule has 2 fully saturated rings. The fourth-order valence-electron chi connectivity index (χ4n) is 2.65. The van der Waals surface area contributed by atoms with E-state index in [1.165, 1.54) is 6.42 Å². The lowest BCUT2D eigenvalue weighted by atomic mass is 9.97. The second-order valence-corrected chi connectivity index (χ2v) is 5.16. The van der Waals surface area contributed by atoms with Gasteiger partial charge in [-0.25, -0.2) is 0 Å². The van der Waals surface area contributed by atoms with Gasteiger partial charge in [-0.2, -0.15) is 0 Å². The summed E-state index contributed by atoms with van der Waals surface area (Å²) in [6.45, 7) is 6.50. The smallest absolute Gasteiger partial charge is 0.0659 e. The van der Waals surface area contributed by atoms with E-state index in [0.29, 0.717) is 18.6 Å². The third-order valence-corrected chi connectivity index (χ3v) is 3.77. The lowest BCUT2D eigenvalue weighted by Gasteiger charge is -2.24. The summed E-state index contributed by atoms with van der Waals surface area (Å²) in [6, 6.07) is 0. The van der Waals surface area contributed by atoms with Crippen LogP contribution in [0.25, 0.3) is 0 Å². The molecule has 0 amide bonds. The average Bonchev–Trinajstić information content (AvgIpc) is 2.88. The van der Waals surface area contributed by atoms with Crippen LogP contribution in [0.2, 0.25) is 0 Å². The summed E-state index contributed by atoms with van der Waals surface area (Å²) in [5, 5.41) is 3.49. The van der Waals surface area contributed by atoms with Crippen LogP contribution in [0.3, 0.4) is 0 Å². The average molecular weight is 228 g/mol. The van der Waals surface area contributed by atoms with Gasteiger partial charge in [0.05, 0.1) is 18.2 Å². The van der Waals surface area contributed by atoms with Crippen molar-refractivity contribution in [2.45, 2.75) is 37.8 Å². The quantitative estimate of drug-likeness (QED) is 0.720. The predicted octanol–water partition coefficient (Wildman–Crippen LogP) is 0.509. The number of hydrogen-bond acceptors (Lipinski definition) is 4. The third kappa shape index (κ3) is 2.94. The normalized spacial score (nSPS) is 39.4.